The van der Waals surface area contributed by atoms with Crippen molar-refractivity contribution in [3.05, 3.63) is 16.1 Å². The molecule has 1 aromatic heterocycles. The van der Waals surface area contributed by atoms with Crippen LogP contribution in [0.4, 0.5) is 0 Å². The largest absolute Gasteiger partial charge is 0.313 e. The molecule has 0 bridgehead atoms. The SMILES string of the molecule is CCCC1CN(CCc2nc(C)cs2)CCCN1. The van der Waals surface area contributed by atoms with E-state index in [0.29, 0.717) is 6.04 Å². The Hall–Kier alpha value is -0.450. The van der Waals surface area contributed by atoms with E-state index < -0.39 is 0 Å². The van der Waals surface area contributed by atoms with Crippen molar-refractivity contribution in [2.45, 2.75) is 45.6 Å². The van der Waals surface area contributed by atoms with Crippen LogP contribution in [0.1, 0.15) is 36.9 Å². The Morgan fingerprint density at radius 3 is 3.17 bits per heavy atom. The van der Waals surface area contributed by atoms with Crippen LogP contribution in [-0.4, -0.2) is 42.1 Å². The van der Waals surface area contributed by atoms with Gasteiger partial charge in [0.1, 0.15) is 0 Å². The van der Waals surface area contributed by atoms with Crippen molar-refractivity contribution in [3.8, 4) is 0 Å². The Balaban J connectivity index is 1.80. The smallest absolute Gasteiger partial charge is 0.0940 e. The summed E-state index contributed by atoms with van der Waals surface area (Å²) in [6.07, 6.45) is 4.96. The van der Waals surface area contributed by atoms with E-state index in [-0.39, 0.29) is 0 Å². The molecule has 2 rings (SSSR count). The van der Waals surface area contributed by atoms with Gasteiger partial charge in [-0.3, -0.25) is 0 Å². The second kappa shape index (κ2) is 7.22. The molecule has 0 amide bonds. The van der Waals surface area contributed by atoms with Gasteiger partial charge in [-0.1, -0.05) is 13.3 Å². The Morgan fingerprint density at radius 2 is 2.44 bits per heavy atom. The molecule has 0 aliphatic carbocycles. The number of hydrogen-bond acceptors (Lipinski definition) is 4. The highest BCUT2D eigenvalue weighted by molar-refractivity contribution is 7.09. The van der Waals surface area contributed by atoms with Crippen molar-refractivity contribution in [3.63, 3.8) is 0 Å². The highest BCUT2D eigenvalue weighted by atomic mass is 32.1. The normalized spacial score (nSPS) is 22.0. The lowest BCUT2D eigenvalue weighted by Gasteiger charge is -2.23. The number of aryl methyl sites for hydroxylation is 1. The maximum atomic E-state index is 4.55. The molecule has 1 aromatic rings. The molecule has 1 N–H and O–H groups in total. The zero-order valence-corrected chi connectivity index (χ0v) is 12.4. The van der Waals surface area contributed by atoms with Crippen LogP contribution in [0.2, 0.25) is 0 Å². The lowest BCUT2D eigenvalue weighted by molar-refractivity contribution is 0.265. The molecule has 1 aliphatic heterocycles. The number of thiazole rings is 1. The molecule has 2 heterocycles. The van der Waals surface area contributed by atoms with Crippen LogP contribution < -0.4 is 5.32 Å². The van der Waals surface area contributed by atoms with Gasteiger partial charge in [0.05, 0.1) is 5.01 Å². The quantitative estimate of drug-likeness (QED) is 0.888. The van der Waals surface area contributed by atoms with Gasteiger partial charge in [-0.25, -0.2) is 4.98 Å². The van der Waals surface area contributed by atoms with Gasteiger partial charge < -0.3 is 10.2 Å². The van der Waals surface area contributed by atoms with Crippen molar-refractivity contribution < 1.29 is 0 Å². The molecule has 1 saturated heterocycles. The monoisotopic (exact) mass is 267 g/mol. The predicted octanol–water partition coefficient (Wildman–Crippen LogP) is 2.46. The van der Waals surface area contributed by atoms with Crippen molar-refractivity contribution in [1.82, 2.24) is 15.2 Å². The summed E-state index contributed by atoms with van der Waals surface area (Å²) in [6.45, 7) is 9.13. The number of aromatic nitrogens is 1. The van der Waals surface area contributed by atoms with Crippen molar-refractivity contribution in [1.29, 1.82) is 0 Å². The van der Waals surface area contributed by atoms with Gasteiger partial charge in [0.2, 0.25) is 0 Å². The summed E-state index contributed by atoms with van der Waals surface area (Å²) < 4.78 is 0. The molecule has 1 atom stereocenters. The van der Waals surface area contributed by atoms with Gasteiger partial charge >= 0.3 is 0 Å². The summed E-state index contributed by atoms with van der Waals surface area (Å²) in [5.74, 6) is 0. The van der Waals surface area contributed by atoms with E-state index in [0.717, 1.165) is 18.7 Å². The van der Waals surface area contributed by atoms with Crippen LogP contribution in [-0.2, 0) is 6.42 Å². The fraction of sp³-hybridized carbons (Fsp3) is 0.786. The van der Waals surface area contributed by atoms with Crippen LogP contribution in [0.25, 0.3) is 0 Å². The van der Waals surface area contributed by atoms with E-state index in [2.05, 4.69) is 34.4 Å². The lowest BCUT2D eigenvalue weighted by Crippen LogP contribution is -2.38. The summed E-state index contributed by atoms with van der Waals surface area (Å²) in [6, 6.07) is 0.690. The molecule has 1 unspecified atom stereocenters. The molecule has 18 heavy (non-hydrogen) atoms. The maximum absolute atomic E-state index is 4.55. The summed E-state index contributed by atoms with van der Waals surface area (Å²) in [5, 5.41) is 7.10. The molecule has 0 aromatic carbocycles. The molecular weight excluding hydrogens is 242 g/mol. The van der Waals surface area contributed by atoms with Crippen molar-refractivity contribution >= 4 is 11.3 Å². The fourth-order valence-electron chi connectivity index (χ4n) is 2.59. The molecular formula is C14H25N3S. The summed E-state index contributed by atoms with van der Waals surface area (Å²) in [5.41, 5.74) is 1.16. The minimum Gasteiger partial charge on any atom is -0.313 e. The Labute approximate surface area is 115 Å². The molecule has 0 spiro atoms. The number of rotatable bonds is 5. The fourth-order valence-corrected chi connectivity index (χ4v) is 3.36. The van der Waals surface area contributed by atoms with Gasteiger partial charge in [0.25, 0.3) is 0 Å². The standard InChI is InChI=1S/C14H25N3S/c1-3-5-13-10-17(8-4-7-15-13)9-6-14-16-12(2)11-18-14/h11,13,15H,3-10H2,1-2H3. The third kappa shape index (κ3) is 4.34. The van der Waals surface area contributed by atoms with Gasteiger partial charge in [-0.15, -0.1) is 11.3 Å². The Morgan fingerprint density at radius 1 is 1.56 bits per heavy atom. The van der Waals surface area contributed by atoms with Gasteiger partial charge in [-0.05, 0) is 32.9 Å². The number of hydrogen-bond donors (Lipinski definition) is 1. The average molecular weight is 267 g/mol. The van der Waals surface area contributed by atoms with E-state index in [1.165, 1.54) is 43.9 Å². The molecule has 1 fully saturated rings. The predicted molar refractivity (Wildman–Crippen MR) is 78.3 cm³/mol. The van der Waals surface area contributed by atoms with Crippen LogP contribution in [0.3, 0.4) is 0 Å². The molecule has 3 nitrogen and oxygen atoms in total. The minimum absolute atomic E-state index is 0.690. The van der Waals surface area contributed by atoms with E-state index in [4.69, 9.17) is 0 Å². The first-order valence-electron chi connectivity index (χ1n) is 7.14. The summed E-state index contributed by atoms with van der Waals surface area (Å²) in [7, 11) is 0. The second-order valence-electron chi connectivity index (χ2n) is 5.23. The first-order chi connectivity index (χ1) is 8.78. The van der Waals surface area contributed by atoms with E-state index in [9.17, 15) is 0 Å². The highest BCUT2D eigenvalue weighted by Crippen LogP contribution is 2.11. The first-order valence-corrected chi connectivity index (χ1v) is 8.02. The van der Waals surface area contributed by atoms with Crippen LogP contribution in [0, 0.1) is 6.92 Å². The molecule has 102 valence electrons. The first kappa shape index (κ1) is 14.0. The van der Waals surface area contributed by atoms with Crippen LogP contribution in [0.5, 0.6) is 0 Å². The zero-order valence-electron chi connectivity index (χ0n) is 11.6. The second-order valence-corrected chi connectivity index (χ2v) is 6.17. The zero-order chi connectivity index (χ0) is 12.8. The van der Waals surface area contributed by atoms with Gasteiger partial charge in [0.15, 0.2) is 0 Å². The summed E-state index contributed by atoms with van der Waals surface area (Å²) in [4.78, 5) is 7.16. The van der Waals surface area contributed by atoms with Crippen LogP contribution >= 0.6 is 11.3 Å². The average Bonchev–Trinajstić information content (AvgIpc) is 2.63. The number of nitrogens with one attached hydrogen (secondary N) is 1. The highest BCUT2D eigenvalue weighted by Gasteiger charge is 2.16. The van der Waals surface area contributed by atoms with Crippen molar-refractivity contribution in [2.75, 3.05) is 26.2 Å². The van der Waals surface area contributed by atoms with E-state index >= 15 is 0 Å². The molecule has 0 radical (unpaired) electrons. The molecule has 1 aliphatic rings. The van der Waals surface area contributed by atoms with E-state index in [1.807, 2.05) is 0 Å². The third-order valence-corrected chi connectivity index (χ3v) is 4.53. The minimum atomic E-state index is 0.690. The Kier molecular flexibility index (Phi) is 5.60. The third-order valence-electron chi connectivity index (χ3n) is 3.51. The van der Waals surface area contributed by atoms with Gasteiger partial charge in [0, 0.05) is 36.6 Å². The topological polar surface area (TPSA) is 28.2 Å². The Bertz CT molecular complexity index is 351. The van der Waals surface area contributed by atoms with Gasteiger partial charge in [-0.2, -0.15) is 0 Å². The molecule has 4 heteroatoms. The van der Waals surface area contributed by atoms with E-state index in [1.54, 1.807) is 11.3 Å². The summed E-state index contributed by atoms with van der Waals surface area (Å²) >= 11 is 1.80. The molecule has 0 saturated carbocycles. The number of nitrogens with zero attached hydrogens (tertiary/aromatic N) is 2. The van der Waals surface area contributed by atoms with Crippen LogP contribution in [0.15, 0.2) is 5.38 Å². The van der Waals surface area contributed by atoms with Crippen molar-refractivity contribution in [2.24, 2.45) is 0 Å². The lowest BCUT2D eigenvalue weighted by atomic mass is 10.1. The maximum Gasteiger partial charge on any atom is 0.0940 e.